The Kier molecular flexibility index (Phi) is 5.14. The number of nitrogens with zero attached hydrogens (tertiary/aromatic N) is 2. The number of carbonyl (C=O) groups excluding carboxylic acids is 3. The van der Waals surface area contributed by atoms with Gasteiger partial charge in [-0.3, -0.25) is 14.5 Å². The van der Waals surface area contributed by atoms with E-state index in [-0.39, 0.29) is 30.8 Å². The lowest BCUT2D eigenvalue weighted by atomic mass is 9.97. The third kappa shape index (κ3) is 3.70. The Labute approximate surface area is 162 Å². The van der Waals surface area contributed by atoms with E-state index in [1.54, 1.807) is 0 Å². The predicted octanol–water partition coefficient (Wildman–Crippen LogP) is 1.80. The number of hydrogen-bond acceptors (Lipinski definition) is 6. The number of urea groups is 1. The number of nitrogens with one attached hydrogen (secondary N) is 3. The quantitative estimate of drug-likeness (QED) is 0.664. The summed E-state index contributed by atoms with van der Waals surface area (Å²) in [5, 5.41) is 9.55. The van der Waals surface area contributed by atoms with Gasteiger partial charge in [0.25, 0.3) is 5.91 Å². The van der Waals surface area contributed by atoms with Crippen LogP contribution in [0.1, 0.15) is 55.7 Å². The molecule has 1 spiro atoms. The van der Waals surface area contributed by atoms with Crippen LogP contribution < -0.4 is 16.0 Å². The lowest BCUT2D eigenvalue weighted by Gasteiger charge is -2.20. The number of rotatable bonds is 5. The molecule has 1 aromatic rings. The van der Waals surface area contributed by atoms with E-state index < -0.39 is 5.54 Å². The maximum atomic E-state index is 12.6. The zero-order valence-electron chi connectivity index (χ0n) is 15.3. The normalized spacial score (nSPS) is 22.4. The van der Waals surface area contributed by atoms with Crippen molar-refractivity contribution in [2.45, 2.75) is 56.4 Å². The Bertz CT molecular complexity index is 737. The molecule has 1 aromatic heterocycles. The van der Waals surface area contributed by atoms with Crippen molar-refractivity contribution in [3.63, 3.8) is 0 Å². The van der Waals surface area contributed by atoms with Gasteiger partial charge in [0, 0.05) is 24.0 Å². The molecule has 8 nitrogen and oxygen atoms in total. The molecular formula is C18H25N5O3S. The van der Waals surface area contributed by atoms with E-state index in [0.717, 1.165) is 38.8 Å². The van der Waals surface area contributed by atoms with Crippen LogP contribution in [0.25, 0.3) is 0 Å². The van der Waals surface area contributed by atoms with Crippen molar-refractivity contribution < 1.29 is 14.4 Å². The van der Waals surface area contributed by atoms with Crippen LogP contribution in [-0.4, -0.2) is 52.9 Å². The van der Waals surface area contributed by atoms with E-state index >= 15 is 0 Å². The van der Waals surface area contributed by atoms with Crippen molar-refractivity contribution in [3.8, 4) is 0 Å². The molecule has 2 saturated heterocycles. The van der Waals surface area contributed by atoms with Gasteiger partial charge in [-0.15, -0.1) is 11.3 Å². The molecule has 4 amide bonds. The van der Waals surface area contributed by atoms with Crippen molar-refractivity contribution in [2.75, 3.05) is 25.0 Å². The van der Waals surface area contributed by atoms with Gasteiger partial charge in [-0.2, -0.15) is 0 Å². The van der Waals surface area contributed by atoms with Gasteiger partial charge in [0.2, 0.25) is 5.91 Å². The second-order valence-corrected chi connectivity index (χ2v) is 8.63. The first-order valence-corrected chi connectivity index (χ1v) is 10.5. The van der Waals surface area contributed by atoms with Crippen molar-refractivity contribution in [1.82, 2.24) is 20.5 Å². The van der Waals surface area contributed by atoms with Gasteiger partial charge in [0.15, 0.2) is 5.13 Å². The van der Waals surface area contributed by atoms with Crippen LogP contribution >= 0.6 is 11.3 Å². The van der Waals surface area contributed by atoms with Gasteiger partial charge >= 0.3 is 6.03 Å². The summed E-state index contributed by atoms with van der Waals surface area (Å²) in [4.78, 5) is 43.7. The number of anilines is 1. The molecule has 4 rings (SSSR count). The largest absolute Gasteiger partial charge is 0.325 e. The molecule has 3 aliphatic rings. The van der Waals surface area contributed by atoms with Crippen LogP contribution in [0.2, 0.25) is 0 Å². The number of thiazole rings is 1. The maximum absolute atomic E-state index is 12.6. The predicted molar refractivity (Wildman–Crippen MR) is 102 cm³/mol. The summed E-state index contributed by atoms with van der Waals surface area (Å²) in [6.45, 7) is 2.13. The Hall–Kier alpha value is -2.00. The van der Waals surface area contributed by atoms with Gasteiger partial charge in [0.1, 0.15) is 5.54 Å². The Morgan fingerprint density at radius 1 is 1.30 bits per heavy atom. The number of imide groups is 1. The average molecular weight is 391 g/mol. The monoisotopic (exact) mass is 391 g/mol. The third-order valence-electron chi connectivity index (χ3n) is 5.78. The van der Waals surface area contributed by atoms with Gasteiger partial charge in [-0.05, 0) is 44.7 Å². The molecule has 3 heterocycles. The highest BCUT2D eigenvalue weighted by atomic mass is 32.1. The fourth-order valence-electron chi connectivity index (χ4n) is 4.23. The fraction of sp³-hybridized carbons (Fsp3) is 0.667. The van der Waals surface area contributed by atoms with Crippen LogP contribution in [0.3, 0.4) is 0 Å². The minimum Gasteiger partial charge on any atom is -0.323 e. The average Bonchev–Trinajstić information content (AvgIpc) is 3.37. The Morgan fingerprint density at radius 2 is 2.04 bits per heavy atom. The fourth-order valence-corrected chi connectivity index (χ4v) is 5.23. The highest BCUT2D eigenvalue weighted by Crippen LogP contribution is 2.35. The molecule has 27 heavy (non-hydrogen) atoms. The summed E-state index contributed by atoms with van der Waals surface area (Å²) in [7, 11) is 0. The first kappa shape index (κ1) is 18.4. The number of amides is 4. The second-order valence-electron chi connectivity index (χ2n) is 7.57. The first-order chi connectivity index (χ1) is 13.1. The maximum Gasteiger partial charge on any atom is 0.325 e. The van der Waals surface area contributed by atoms with Crippen molar-refractivity contribution in [1.29, 1.82) is 0 Å². The van der Waals surface area contributed by atoms with E-state index in [4.69, 9.17) is 0 Å². The summed E-state index contributed by atoms with van der Waals surface area (Å²) in [5.41, 5.74) is -0.716. The molecule has 1 saturated carbocycles. The van der Waals surface area contributed by atoms with Crippen LogP contribution in [-0.2, 0) is 9.59 Å². The molecule has 1 aliphatic carbocycles. The van der Waals surface area contributed by atoms with Crippen molar-refractivity contribution >= 4 is 34.3 Å². The van der Waals surface area contributed by atoms with Crippen LogP contribution in [0.4, 0.5) is 9.93 Å². The van der Waals surface area contributed by atoms with E-state index in [0.29, 0.717) is 23.9 Å². The van der Waals surface area contributed by atoms with Crippen LogP contribution in [0, 0.1) is 0 Å². The summed E-state index contributed by atoms with van der Waals surface area (Å²) in [6, 6.07) is -0.378. The van der Waals surface area contributed by atoms with Gasteiger partial charge < -0.3 is 16.0 Å². The van der Waals surface area contributed by atoms with Gasteiger partial charge in [-0.1, -0.05) is 12.8 Å². The third-order valence-corrected chi connectivity index (χ3v) is 6.85. The molecular weight excluding hydrogens is 366 g/mol. The van der Waals surface area contributed by atoms with Crippen molar-refractivity contribution in [2.24, 2.45) is 0 Å². The smallest absolute Gasteiger partial charge is 0.323 e. The number of aromatic nitrogens is 1. The Balaban J connectivity index is 1.29. The van der Waals surface area contributed by atoms with Crippen LogP contribution in [0.15, 0.2) is 6.20 Å². The zero-order valence-corrected chi connectivity index (χ0v) is 16.1. The van der Waals surface area contributed by atoms with Crippen molar-refractivity contribution in [3.05, 3.63) is 11.1 Å². The van der Waals surface area contributed by atoms with E-state index in [1.165, 1.54) is 21.1 Å². The first-order valence-electron chi connectivity index (χ1n) is 9.68. The molecule has 3 N–H and O–H groups in total. The lowest BCUT2D eigenvalue weighted by molar-refractivity contribution is -0.131. The summed E-state index contributed by atoms with van der Waals surface area (Å²) >= 11 is 1.51. The van der Waals surface area contributed by atoms with E-state index in [9.17, 15) is 14.4 Å². The standard InChI is InChI=1S/C18H25N5O3S/c24-14(21-16-20-11-13(27-16)12-3-8-19-9-4-12)5-10-23-15(25)18(22-17(23)26)6-1-2-7-18/h11-12,19H,1-10H2,(H,22,26)(H,20,21,24). The minimum atomic E-state index is -0.716. The highest BCUT2D eigenvalue weighted by molar-refractivity contribution is 7.15. The summed E-state index contributed by atoms with van der Waals surface area (Å²) in [6.07, 6.45) is 7.38. The number of hydrogen-bond donors (Lipinski definition) is 3. The summed E-state index contributed by atoms with van der Waals surface area (Å²) in [5.74, 6) is 0.0948. The topological polar surface area (TPSA) is 103 Å². The zero-order chi connectivity index (χ0) is 18.9. The van der Waals surface area contributed by atoms with E-state index in [1.807, 2.05) is 6.20 Å². The number of carbonyl (C=O) groups is 3. The molecule has 0 atom stereocenters. The molecule has 0 bridgehead atoms. The SMILES string of the molecule is O=C(CCN1C(=O)NC2(CCCC2)C1=O)Nc1ncc(C2CCNCC2)s1. The molecule has 0 radical (unpaired) electrons. The van der Waals surface area contributed by atoms with Crippen LogP contribution in [0.5, 0.6) is 0 Å². The molecule has 9 heteroatoms. The lowest BCUT2D eigenvalue weighted by Crippen LogP contribution is -2.44. The number of piperidine rings is 1. The van der Waals surface area contributed by atoms with E-state index in [2.05, 4.69) is 20.9 Å². The molecule has 2 aliphatic heterocycles. The molecule has 0 aromatic carbocycles. The highest BCUT2D eigenvalue weighted by Gasteiger charge is 2.52. The molecule has 146 valence electrons. The van der Waals surface area contributed by atoms with Gasteiger partial charge in [-0.25, -0.2) is 9.78 Å². The Morgan fingerprint density at radius 3 is 2.78 bits per heavy atom. The van der Waals surface area contributed by atoms with Gasteiger partial charge in [0.05, 0.1) is 0 Å². The molecule has 0 unspecified atom stereocenters. The molecule has 3 fully saturated rings. The minimum absolute atomic E-state index is 0.0809. The second kappa shape index (κ2) is 7.55. The summed E-state index contributed by atoms with van der Waals surface area (Å²) < 4.78 is 0.